The number of anilines is 2. The van der Waals surface area contributed by atoms with Crippen molar-refractivity contribution in [2.45, 2.75) is 26.7 Å². The molecule has 2 aromatic rings. The summed E-state index contributed by atoms with van der Waals surface area (Å²) in [6.45, 7) is 6.34. The van der Waals surface area contributed by atoms with Crippen LogP contribution >= 0.6 is 0 Å². The van der Waals surface area contributed by atoms with Crippen LogP contribution < -0.4 is 10.6 Å². The van der Waals surface area contributed by atoms with Crippen molar-refractivity contribution >= 4 is 11.4 Å². The molecule has 2 nitrogen and oxygen atoms in total. The van der Waals surface area contributed by atoms with E-state index in [-0.39, 0.29) is 0 Å². The molecule has 0 bridgehead atoms. The molecule has 0 atom stereocenters. The highest BCUT2D eigenvalue weighted by Crippen LogP contribution is 2.14. The van der Waals surface area contributed by atoms with Crippen LogP contribution in [0.1, 0.15) is 24.0 Å². The minimum absolute atomic E-state index is 1.03. The van der Waals surface area contributed by atoms with Crippen molar-refractivity contribution in [3.05, 3.63) is 59.7 Å². The zero-order valence-corrected chi connectivity index (χ0v) is 12.4. The first-order valence-corrected chi connectivity index (χ1v) is 7.36. The molecule has 2 heteroatoms. The third-order valence-corrected chi connectivity index (χ3v) is 3.52. The van der Waals surface area contributed by atoms with Crippen LogP contribution in [0.4, 0.5) is 11.4 Å². The number of nitrogens with one attached hydrogen (secondary N) is 2. The predicted octanol–water partition coefficient (Wildman–Crippen LogP) is 4.61. The van der Waals surface area contributed by atoms with Gasteiger partial charge in [0.2, 0.25) is 0 Å². The zero-order chi connectivity index (χ0) is 14.2. The van der Waals surface area contributed by atoms with Gasteiger partial charge in [-0.05, 0) is 49.9 Å². The molecule has 2 N–H and O–H groups in total. The van der Waals surface area contributed by atoms with Gasteiger partial charge in [0.05, 0.1) is 0 Å². The first kappa shape index (κ1) is 14.4. The topological polar surface area (TPSA) is 24.1 Å². The Kier molecular flexibility index (Phi) is 5.48. The van der Waals surface area contributed by atoms with Crippen LogP contribution in [0.5, 0.6) is 0 Å². The Bertz CT molecular complexity index is 485. The molecule has 2 rings (SSSR count). The van der Waals surface area contributed by atoms with Crippen molar-refractivity contribution in [3.63, 3.8) is 0 Å². The number of hydrogen-bond donors (Lipinski definition) is 2. The van der Waals surface area contributed by atoms with Crippen molar-refractivity contribution < 1.29 is 0 Å². The summed E-state index contributed by atoms with van der Waals surface area (Å²) >= 11 is 0. The first-order valence-electron chi connectivity index (χ1n) is 7.36. The van der Waals surface area contributed by atoms with Gasteiger partial charge in [-0.25, -0.2) is 0 Å². The second kappa shape index (κ2) is 7.59. The van der Waals surface area contributed by atoms with Crippen LogP contribution in [-0.4, -0.2) is 13.1 Å². The number of para-hydroxylation sites is 2. The molecule has 0 aromatic heterocycles. The summed E-state index contributed by atoms with van der Waals surface area (Å²) in [5.41, 5.74) is 5.12. The molecule has 0 fully saturated rings. The number of rotatable bonds is 7. The van der Waals surface area contributed by atoms with Crippen molar-refractivity contribution in [3.8, 4) is 0 Å². The highest BCUT2D eigenvalue weighted by Gasteiger charge is 1.97. The summed E-state index contributed by atoms with van der Waals surface area (Å²) in [5.74, 6) is 0. The summed E-state index contributed by atoms with van der Waals surface area (Å²) < 4.78 is 0. The van der Waals surface area contributed by atoms with E-state index >= 15 is 0 Å². The average Bonchev–Trinajstić information content (AvgIpc) is 2.46. The number of hydrogen-bond acceptors (Lipinski definition) is 2. The van der Waals surface area contributed by atoms with Gasteiger partial charge in [0.25, 0.3) is 0 Å². The summed E-state index contributed by atoms with van der Waals surface area (Å²) in [4.78, 5) is 0. The van der Waals surface area contributed by atoms with E-state index in [1.165, 1.54) is 35.3 Å². The van der Waals surface area contributed by atoms with E-state index in [1.807, 2.05) is 0 Å². The van der Waals surface area contributed by atoms with E-state index < -0.39 is 0 Å². The lowest BCUT2D eigenvalue weighted by atomic mass is 10.2. The Labute approximate surface area is 122 Å². The fourth-order valence-corrected chi connectivity index (χ4v) is 2.24. The van der Waals surface area contributed by atoms with Gasteiger partial charge in [-0.15, -0.1) is 0 Å². The fourth-order valence-electron chi connectivity index (χ4n) is 2.24. The summed E-state index contributed by atoms with van der Waals surface area (Å²) in [5, 5.41) is 6.99. The van der Waals surface area contributed by atoms with E-state index in [0.717, 1.165) is 13.1 Å². The lowest BCUT2D eigenvalue weighted by molar-refractivity contribution is 0.795. The van der Waals surface area contributed by atoms with E-state index in [9.17, 15) is 0 Å². The Morgan fingerprint density at radius 1 is 0.650 bits per heavy atom. The van der Waals surface area contributed by atoms with Gasteiger partial charge >= 0.3 is 0 Å². The van der Waals surface area contributed by atoms with Crippen LogP contribution in [0.15, 0.2) is 48.5 Å². The Morgan fingerprint density at radius 2 is 1.05 bits per heavy atom. The number of unbranched alkanes of at least 4 members (excludes halogenated alkanes) is 1. The van der Waals surface area contributed by atoms with Gasteiger partial charge in [-0.1, -0.05) is 36.4 Å². The smallest absolute Gasteiger partial charge is 0.0369 e. The van der Waals surface area contributed by atoms with Crippen LogP contribution in [0.2, 0.25) is 0 Å². The lowest BCUT2D eigenvalue weighted by Crippen LogP contribution is -2.07. The second-order valence-corrected chi connectivity index (χ2v) is 5.19. The summed E-state index contributed by atoms with van der Waals surface area (Å²) in [6.07, 6.45) is 2.35. The Hall–Kier alpha value is -1.96. The predicted molar refractivity (Wildman–Crippen MR) is 88.6 cm³/mol. The van der Waals surface area contributed by atoms with E-state index in [0.29, 0.717) is 0 Å². The van der Waals surface area contributed by atoms with Gasteiger partial charge in [-0.2, -0.15) is 0 Å². The molecule has 0 spiro atoms. The minimum Gasteiger partial charge on any atom is -0.385 e. The average molecular weight is 268 g/mol. The van der Waals surface area contributed by atoms with E-state index in [1.54, 1.807) is 0 Å². The molecule has 0 unspecified atom stereocenters. The summed E-state index contributed by atoms with van der Waals surface area (Å²) in [7, 11) is 0. The van der Waals surface area contributed by atoms with E-state index in [4.69, 9.17) is 0 Å². The molecule has 0 amide bonds. The molecule has 0 heterocycles. The third-order valence-electron chi connectivity index (χ3n) is 3.52. The van der Waals surface area contributed by atoms with Crippen LogP contribution in [0.25, 0.3) is 0 Å². The third kappa shape index (κ3) is 4.30. The highest BCUT2D eigenvalue weighted by atomic mass is 14.9. The maximum absolute atomic E-state index is 3.50. The Balaban J connectivity index is 1.63. The molecule has 0 aliphatic carbocycles. The lowest BCUT2D eigenvalue weighted by Gasteiger charge is -2.11. The maximum Gasteiger partial charge on any atom is 0.0369 e. The van der Waals surface area contributed by atoms with Gasteiger partial charge < -0.3 is 10.6 Å². The van der Waals surface area contributed by atoms with Gasteiger partial charge in [-0.3, -0.25) is 0 Å². The Morgan fingerprint density at radius 3 is 1.45 bits per heavy atom. The van der Waals surface area contributed by atoms with Gasteiger partial charge in [0, 0.05) is 24.5 Å². The molecular formula is C18H24N2. The van der Waals surface area contributed by atoms with Gasteiger partial charge in [0.1, 0.15) is 0 Å². The first-order chi connectivity index (χ1) is 9.77. The van der Waals surface area contributed by atoms with Crippen molar-refractivity contribution in [2.75, 3.05) is 23.7 Å². The largest absolute Gasteiger partial charge is 0.385 e. The molecule has 0 aliphatic rings. The molecule has 0 saturated carbocycles. The van der Waals surface area contributed by atoms with Gasteiger partial charge in [0.15, 0.2) is 0 Å². The minimum atomic E-state index is 1.03. The molecular weight excluding hydrogens is 244 g/mol. The quantitative estimate of drug-likeness (QED) is 0.717. The summed E-state index contributed by atoms with van der Waals surface area (Å²) in [6, 6.07) is 16.9. The molecule has 0 saturated heterocycles. The monoisotopic (exact) mass is 268 g/mol. The molecule has 106 valence electrons. The zero-order valence-electron chi connectivity index (χ0n) is 12.4. The van der Waals surface area contributed by atoms with Crippen LogP contribution in [0, 0.1) is 13.8 Å². The van der Waals surface area contributed by atoms with Crippen molar-refractivity contribution in [2.24, 2.45) is 0 Å². The van der Waals surface area contributed by atoms with Crippen molar-refractivity contribution in [1.29, 1.82) is 0 Å². The standard InChI is InChI=1S/C18H24N2/c1-15-9-3-5-11-17(15)19-13-7-8-14-20-18-12-6-4-10-16(18)2/h3-6,9-12,19-20H,7-8,13-14H2,1-2H3. The number of aryl methyl sites for hydroxylation is 2. The molecule has 2 aromatic carbocycles. The number of benzene rings is 2. The SMILES string of the molecule is Cc1ccccc1NCCCCNc1ccccc1C. The fraction of sp³-hybridized carbons (Fsp3) is 0.333. The molecule has 0 aliphatic heterocycles. The normalized spacial score (nSPS) is 10.3. The van der Waals surface area contributed by atoms with Crippen LogP contribution in [-0.2, 0) is 0 Å². The molecule has 0 radical (unpaired) electrons. The van der Waals surface area contributed by atoms with E-state index in [2.05, 4.69) is 73.0 Å². The van der Waals surface area contributed by atoms with Crippen LogP contribution in [0.3, 0.4) is 0 Å². The van der Waals surface area contributed by atoms with Crippen molar-refractivity contribution in [1.82, 2.24) is 0 Å². The second-order valence-electron chi connectivity index (χ2n) is 5.19. The highest BCUT2D eigenvalue weighted by molar-refractivity contribution is 5.50. The maximum atomic E-state index is 3.50. The molecule has 20 heavy (non-hydrogen) atoms.